The molecule has 0 saturated carbocycles. The van der Waals surface area contributed by atoms with Crippen molar-refractivity contribution in [3.63, 3.8) is 0 Å². The molecule has 1 aliphatic carbocycles. The monoisotopic (exact) mass is 643 g/mol. The van der Waals surface area contributed by atoms with Crippen molar-refractivity contribution in [1.29, 1.82) is 10.5 Å². The molecule has 0 unspecified atom stereocenters. The minimum absolute atomic E-state index is 0.0578. The third kappa shape index (κ3) is 6.26. The largest absolute Gasteiger partial charge is 0.311 e. The van der Waals surface area contributed by atoms with Crippen molar-refractivity contribution in [1.82, 2.24) is 0 Å². The van der Waals surface area contributed by atoms with Crippen LogP contribution in [0.2, 0.25) is 0 Å². The Hall–Kier alpha value is -5.49. The first-order valence-electron chi connectivity index (χ1n) is 16.0. The second kappa shape index (κ2) is 12.6. The first-order chi connectivity index (χ1) is 22.9. The second-order valence-electron chi connectivity index (χ2n) is 14.1. The van der Waals surface area contributed by atoms with Crippen LogP contribution in [0.1, 0.15) is 73.5 Å². The molecule has 5 aromatic rings. The van der Waals surface area contributed by atoms with E-state index in [9.17, 15) is 15.3 Å². The Kier molecular flexibility index (Phi) is 8.52. The van der Waals surface area contributed by atoms with E-state index in [0.717, 1.165) is 32.4 Å². The number of Topliss-reactive ketones (excluding diaryl/α,β-unsaturated/α-hetero) is 1. The number of nitriles is 2. The van der Waals surface area contributed by atoms with Crippen LogP contribution in [-0.4, -0.2) is 5.78 Å². The van der Waals surface area contributed by atoms with Gasteiger partial charge in [0.15, 0.2) is 5.78 Å². The number of carbonyl (C=O) groups excluding carboxylic acids is 1. The lowest BCUT2D eigenvalue weighted by molar-refractivity contribution is 0.104. The number of fused-ring (bicyclic) bond motifs is 1. The molecule has 0 fully saturated rings. The third-order valence-corrected chi connectivity index (χ3v) is 9.82. The molecular formula is C43H37N3OS. The van der Waals surface area contributed by atoms with E-state index in [1.807, 2.05) is 30.3 Å². The highest BCUT2D eigenvalue weighted by Gasteiger charge is 2.32. The van der Waals surface area contributed by atoms with Gasteiger partial charge in [0.2, 0.25) is 0 Å². The molecule has 6 rings (SSSR count). The summed E-state index contributed by atoms with van der Waals surface area (Å²) < 4.78 is 0. The van der Waals surface area contributed by atoms with Crippen LogP contribution >= 0.6 is 11.3 Å². The van der Waals surface area contributed by atoms with Crippen molar-refractivity contribution in [2.45, 2.75) is 52.4 Å². The number of hydrogen-bond acceptors (Lipinski definition) is 5. The summed E-state index contributed by atoms with van der Waals surface area (Å²) in [6.07, 6.45) is 1.80. The van der Waals surface area contributed by atoms with Gasteiger partial charge in [0.25, 0.3) is 0 Å². The van der Waals surface area contributed by atoms with Crippen molar-refractivity contribution in [2.24, 2.45) is 0 Å². The number of thiophene rings is 1. The third-order valence-electron chi connectivity index (χ3n) is 8.74. The number of allylic oxidation sites excluding steroid dienone is 3. The molecule has 1 heterocycles. The van der Waals surface area contributed by atoms with Gasteiger partial charge in [0, 0.05) is 43.5 Å². The van der Waals surface area contributed by atoms with E-state index in [1.54, 1.807) is 35.6 Å². The smallest absolute Gasteiger partial charge is 0.194 e. The Bertz CT molecular complexity index is 2080. The van der Waals surface area contributed by atoms with E-state index in [4.69, 9.17) is 0 Å². The van der Waals surface area contributed by atoms with Gasteiger partial charge in [-0.25, -0.2) is 0 Å². The molecule has 0 atom stereocenters. The average Bonchev–Trinajstić information content (AvgIpc) is 3.65. The van der Waals surface area contributed by atoms with Gasteiger partial charge in [0.05, 0.1) is 0 Å². The maximum absolute atomic E-state index is 13.4. The summed E-state index contributed by atoms with van der Waals surface area (Å²) in [6, 6.07) is 41.3. The molecule has 48 heavy (non-hydrogen) atoms. The normalized spacial score (nSPS) is 13.6. The molecule has 0 radical (unpaired) electrons. The zero-order valence-electron chi connectivity index (χ0n) is 28.1. The molecule has 1 aromatic heterocycles. The van der Waals surface area contributed by atoms with E-state index < -0.39 is 0 Å². The summed E-state index contributed by atoms with van der Waals surface area (Å²) in [5.41, 5.74) is 8.86. The molecule has 0 saturated heterocycles. The van der Waals surface area contributed by atoms with Crippen molar-refractivity contribution < 1.29 is 4.79 Å². The van der Waals surface area contributed by atoms with Gasteiger partial charge in [-0.05, 0) is 87.7 Å². The van der Waals surface area contributed by atoms with Gasteiger partial charge in [0.1, 0.15) is 17.7 Å². The zero-order valence-corrected chi connectivity index (χ0v) is 28.9. The number of ketones is 1. The van der Waals surface area contributed by atoms with Gasteiger partial charge in [-0.3, -0.25) is 4.79 Å². The predicted molar refractivity (Wildman–Crippen MR) is 199 cm³/mol. The van der Waals surface area contributed by atoms with Crippen LogP contribution in [0.25, 0.3) is 22.1 Å². The molecule has 4 aromatic carbocycles. The number of anilines is 3. The van der Waals surface area contributed by atoms with Crippen LogP contribution in [0.5, 0.6) is 0 Å². The lowest BCUT2D eigenvalue weighted by atomic mass is 9.86. The molecule has 5 heteroatoms. The number of hydrogen-bond donors (Lipinski definition) is 0. The number of benzene rings is 4. The fourth-order valence-corrected chi connectivity index (χ4v) is 6.97. The highest BCUT2D eigenvalue weighted by Crippen LogP contribution is 2.42. The van der Waals surface area contributed by atoms with E-state index in [1.165, 1.54) is 11.1 Å². The molecule has 1 aliphatic rings. The van der Waals surface area contributed by atoms with Crippen LogP contribution in [-0.2, 0) is 10.8 Å². The SMILES string of the molecule is CC(C)(C)c1ccc(N(c2ccc(-c3ccc(/C=C4\C(=O)c5ccccc5C4=C(C#N)C#N)s3)cc2)c2ccc(C(C)(C)C)cc2)cc1. The first kappa shape index (κ1) is 32.5. The van der Waals surface area contributed by atoms with Crippen LogP contribution in [0.4, 0.5) is 17.1 Å². The van der Waals surface area contributed by atoms with Crippen LogP contribution < -0.4 is 4.90 Å². The topological polar surface area (TPSA) is 67.9 Å². The maximum atomic E-state index is 13.4. The zero-order chi connectivity index (χ0) is 34.2. The number of rotatable bonds is 5. The number of carbonyl (C=O) groups is 1. The Morgan fingerprint density at radius 1 is 0.646 bits per heavy atom. The Balaban J connectivity index is 1.34. The van der Waals surface area contributed by atoms with E-state index >= 15 is 0 Å². The van der Waals surface area contributed by atoms with Gasteiger partial charge < -0.3 is 4.90 Å². The lowest BCUT2D eigenvalue weighted by Crippen LogP contribution is -2.14. The van der Waals surface area contributed by atoms with Crippen molar-refractivity contribution in [3.05, 3.63) is 147 Å². The quantitative estimate of drug-likeness (QED) is 0.141. The molecule has 0 bridgehead atoms. The number of nitrogens with zero attached hydrogens (tertiary/aromatic N) is 3. The van der Waals surface area contributed by atoms with E-state index in [0.29, 0.717) is 22.3 Å². The summed E-state index contributed by atoms with van der Waals surface area (Å²) in [7, 11) is 0. The molecule has 0 N–H and O–H groups in total. The fraction of sp³-hybridized carbons (Fsp3) is 0.186. The minimum atomic E-state index is -0.172. The van der Waals surface area contributed by atoms with Gasteiger partial charge in [-0.2, -0.15) is 10.5 Å². The summed E-state index contributed by atoms with van der Waals surface area (Å²) >= 11 is 1.57. The highest BCUT2D eigenvalue weighted by atomic mass is 32.1. The van der Waals surface area contributed by atoms with E-state index in [-0.39, 0.29) is 22.2 Å². The minimum Gasteiger partial charge on any atom is -0.311 e. The summed E-state index contributed by atoms with van der Waals surface area (Å²) in [5.74, 6) is -0.172. The summed E-state index contributed by atoms with van der Waals surface area (Å²) in [6.45, 7) is 13.4. The van der Waals surface area contributed by atoms with Crippen molar-refractivity contribution >= 4 is 45.8 Å². The Labute approximate surface area is 287 Å². The Morgan fingerprint density at radius 2 is 1.12 bits per heavy atom. The molecule has 0 aliphatic heterocycles. The average molecular weight is 644 g/mol. The van der Waals surface area contributed by atoms with Crippen LogP contribution in [0.3, 0.4) is 0 Å². The summed E-state index contributed by atoms with van der Waals surface area (Å²) in [5, 5.41) is 19.3. The molecular weight excluding hydrogens is 607 g/mol. The van der Waals surface area contributed by atoms with Crippen molar-refractivity contribution in [3.8, 4) is 22.6 Å². The van der Waals surface area contributed by atoms with Crippen molar-refractivity contribution in [2.75, 3.05) is 4.90 Å². The molecule has 0 spiro atoms. The maximum Gasteiger partial charge on any atom is 0.194 e. The lowest BCUT2D eigenvalue weighted by Gasteiger charge is -2.28. The second-order valence-corrected chi connectivity index (χ2v) is 15.2. The van der Waals surface area contributed by atoms with Crippen LogP contribution in [0.15, 0.2) is 120 Å². The Morgan fingerprint density at radius 3 is 1.60 bits per heavy atom. The van der Waals surface area contributed by atoms with Gasteiger partial charge in [-0.15, -0.1) is 11.3 Å². The van der Waals surface area contributed by atoms with Gasteiger partial charge in [-0.1, -0.05) is 102 Å². The molecule has 236 valence electrons. The molecule has 0 amide bonds. The van der Waals surface area contributed by atoms with E-state index in [2.05, 4.69) is 119 Å². The standard InChI is InChI=1S/C43H37N3OS/c1-42(2,3)30-13-19-33(20-14-30)46(34-21-15-31(16-22-34)43(4,5)6)32-17-11-28(12-18-32)39-24-23-35(48-39)25-38-40(29(26-44)27-45)36-9-7-8-10-37(36)41(38)47/h7-25H,1-6H3/b38-25-. The first-order valence-corrected chi connectivity index (χ1v) is 16.8. The van der Waals surface area contributed by atoms with Crippen LogP contribution in [0, 0.1) is 22.7 Å². The highest BCUT2D eigenvalue weighted by molar-refractivity contribution is 7.16. The predicted octanol–water partition coefficient (Wildman–Crippen LogP) is 11.6. The summed E-state index contributed by atoms with van der Waals surface area (Å²) in [4.78, 5) is 17.6. The molecule has 4 nitrogen and oxygen atoms in total. The fourth-order valence-electron chi connectivity index (χ4n) is 6.02. The van der Waals surface area contributed by atoms with Gasteiger partial charge >= 0.3 is 0 Å².